The van der Waals surface area contributed by atoms with Crippen LogP contribution in [0.5, 0.6) is 0 Å². The quantitative estimate of drug-likeness (QED) is 0.810. The highest BCUT2D eigenvalue weighted by molar-refractivity contribution is 7.98. The first-order chi connectivity index (χ1) is 8.69. The molecule has 0 aliphatic heterocycles. The molecule has 0 aliphatic rings. The van der Waals surface area contributed by atoms with Gasteiger partial charge >= 0.3 is 5.97 Å². The molecule has 5 heteroatoms. The third kappa shape index (κ3) is 3.07. The zero-order valence-electron chi connectivity index (χ0n) is 9.84. The van der Waals surface area contributed by atoms with Crippen molar-refractivity contribution in [3.05, 3.63) is 47.9 Å². The molecule has 0 saturated heterocycles. The van der Waals surface area contributed by atoms with E-state index in [9.17, 15) is 4.79 Å². The van der Waals surface area contributed by atoms with Crippen LogP contribution in [0.15, 0.2) is 45.9 Å². The van der Waals surface area contributed by atoms with E-state index in [4.69, 9.17) is 9.52 Å². The molecule has 2 rings (SSSR count). The standard InChI is InChI=1S/C13H13NO3S/c1-18-12-4-2-10(3-5-12)14-7-11-6-9(8-17-11)13(15)16/h2-6,8,14H,7H2,1H3,(H,15,16). The van der Waals surface area contributed by atoms with Gasteiger partial charge in [0, 0.05) is 10.6 Å². The molecule has 0 unspecified atom stereocenters. The van der Waals surface area contributed by atoms with Crippen LogP contribution in [0.4, 0.5) is 5.69 Å². The smallest absolute Gasteiger partial charge is 0.338 e. The van der Waals surface area contributed by atoms with Gasteiger partial charge in [0.1, 0.15) is 12.0 Å². The second-order valence-electron chi connectivity index (χ2n) is 3.69. The summed E-state index contributed by atoms with van der Waals surface area (Å²) in [5, 5.41) is 11.9. The van der Waals surface area contributed by atoms with E-state index in [2.05, 4.69) is 5.32 Å². The highest BCUT2D eigenvalue weighted by atomic mass is 32.2. The van der Waals surface area contributed by atoms with E-state index in [-0.39, 0.29) is 5.56 Å². The zero-order valence-corrected chi connectivity index (χ0v) is 10.7. The predicted molar refractivity (Wildman–Crippen MR) is 71.2 cm³/mol. The molecule has 0 atom stereocenters. The largest absolute Gasteiger partial charge is 0.478 e. The van der Waals surface area contributed by atoms with Crippen molar-refractivity contribution in [2.24, 2.45) is 0 Å². The third-order valence-corrected chi connectivity index (χ3v) is 3.20. The number of hydrogen-bond acceptors (Lipinski definition) is 4. The molecule has 0 saturated carbocycles. The Morgan fingerprint density at radius 2 is 2.11 bits per heavy atom. The molecule has 0 spiro atoms. The van der Waals surface area contributed by atoms with Gasteiger partial charge in [-0.15, -0.1) is 11.8 Å². The summed E-state index contributed by atoms with van der Waals surface area (Å²) in [5.74, 6) is -0.379. The molecule has 1 aromatic heterocycles. The highest BCUT2D eigenvalue weighted by Gasteiger charge is 2.07. The van der Waals surface area contributed by atoms with Gasteiger partial charge in [-0.1, -0.05) is 0 Å². The first-order valence-corrected chi connectivity index (χ1v) is 6.60. The molecule has 1 heterocycles. The number of aromatic carboxylic acids is 1. The lowest BCUT2D eigenvalue weighted by molar-refractivity contribution is 0.0696. The predicted octanol–water partition coefficient (Wildman–Crippen LogP) is 3.31. The summed E-state index contributed by atoms with van der Waals surface area (Å²) in [7, 11) is 0. The van der Waals surface area contributed by atoms with E-state index in [0.29, 0.717) is 12.3 Å². The summed E-state index contributed by atoms with van der Waals surface area (Å²) in [6.45, 7) is 0.464. The summed E-state index contributed by atoms with van der Waals surface area (Å²) in [5.41, 5.74) is 1.14. The Bertz CT molecular complexity index is 533. The number of anilines is 1. The Labute approximate surface area is 109 Å². The van der Waals surface area contributed by atoms with Crippen molar-refractivity contribution < 1.29 is 14.3 Å². The van der Waals surface area contributed by atoms with E-state index >= 15 is 0 Å². The molecular weight excluding hydrogens is 250 g/mol. The lowest BCUT2D eigenvalue weighted by Gasteiger charge is -2.04. The number of furan rings is 1. The lowest BCUT2D eigenvalue weighted by atomic mass is 10.3. The fraction of sp³-hybridized carbons (Fsp3) is 0.154. The van der Waals surface area contributed by atoms with Crippen molar-refractivity contribution in [3.63, 3.8) is 0 Å². The molecule has 1 aromatic carbocycles. The summed E-state index contributed by atoms with van der Waals surface area (Å²) in [6.07, 6.45) is 3.27. The Balaban J connectivity index is 1.95. The molecule has 2 N–H and O–H groups in total. The first-order valence-electron chi connectivity index (χ1n) is 5.37. The van der Waals surface area contributed by atoms with Crippen LogP contribution in [0.1, 0.15) is 16.1 Å². The molecular formula is C13H13NO3S. The van der Waals surface area contributed by atoms with Crippen LogP contribution in [-0.4, -0.2) is 17.3 Å². The number of nitrogens with one attached hydrogen (secondary N) is 1. The first kappa shape index (κ1) is 12.6. The van der Waals surface area contributed by atoms with Crippen LogP contribution < -0.4 is 5.32 Å². The molecule has 0 amide bonds. The fourth-order valence-electron chi connectivity index (χ4n) is 1.48. The summed E-state index contributed by atoms with van der Waals surface area (Å²) in [6, 6.07) is 9.53. The van der Waals surface area contributed by atoms with Gasteiger partial charge in [0.05, 0.1) is 12.1 Å². The molecule has 2 aromatic rings. The van der Waals surface area contributed by atoms with E-state index in [1.807, 2.05) is 30.5 Å². The van der Waals surface area contributed by atoms with E-state index < -0.39 is 5.97 Å². The zero-order chi connectivity index (χ0) is 13.0. The number of carboxylic acid groups (broad SMARTS) is 1. The number of benzene rings is 1. The maximum Gasteiger partial charge on any atom is 0.338 e. The van der Waals surface area contributed by atoms with E-state index in [1.54, 1.807) is 11.8 Å². The summed E-state index contributed by atoms with van der Waals surface area (Å²) in [4.78, 5) is 11.9. The molecule has 0 fully saturated rings. The minimum Gasteiger partial charge on any atom is -0.478 e. The maximum absolute atomic E-state index is 10.7. The van der Waals surface area contributed by atoms with E-state index in [1.165, 1.54) is 17.2 Å². The van der Waals surface area contributed by atoms with Crippen LogP contribution in [-0.2, 0) is 6.54 Å². The topological polar surface area (TPSA) is 62.5 Å². The van der Waals surface area contributed by atoms with Crippen molar-refractivity contribution in [1.82, 2.24) is 0 Å². The Kier molecular flexibility index (Phi) is 3.94. The monoisotopic (exact) mass is 263 g/mol. The van der Waals surface area contributed by atoms with Gasteiger partial charge in [-0.25, -0.2) is 4.79 Å². The summed E-state index contributed by atoms with van der Waals surface area (Å²) >= 11 is 1.69. The number of rotatable bonds is 5. The van der Waals surface area contributed by atoms with Crippen molar-refractivity contribution in [2.45, 2.75) is 11.4 Å². The second kappa shape index (κ2) is 5.64. The highest BCUT2D eigenvalue weighted by Crippen LogP contribution is 2.18. The van der Waals surface area contributed by atoms with Crippen LogP contribution in [0, 0.1) is 0 Å². The fourth-order valence-corrected chi connectivity index (χ4v) is 1.89. The SMILES string of the molecule is CSc1ccc(NCc2cc(C(=O)O)co2)cc1. The average Bonchev–Trinajstić information content (AvgIpc) is 2.86. The van der Waals surface area contributed by atoms with Gasteiger partial charge in [-0.3, -0.25) is 0 Å². The van der Waals surface area contributed by atoms with E-state index in [0.717, 1.165) is 5.69 Å². The Hall–Kier alpha value is -1.88. The normalized spacial score (nSPS) is 10.3. The Morgan fingerprint density at radius 3 is 2.67 bits per heavy atom. The second-order valence-corrected chi connectivity index (χ2v) is 4.57. The van der Waals surface area contributed by atoms with Crippen LogP contribution in [0.25, 0.3) is 0 Å². The minimum absolute atomic E-state index is 0.171. The van der Waals surface area contributed by atoms with Gasteiger partial charge in [0.15, 0.2) is 0 Å². The van der Waals surface area contributed by atoms with Gasteiger partial charge in [-0.2, -0.15) is 0 Å². The molecule has 18 heavy (non-hydrogen) atoms. The molecule has 0 aliphatic carbocycles. The summed E-state index contributed by atoms with van der Waals surface area (Å²) < 4.78 is 5.15. The number of hydrogen-bond donors (Lipinski definition) is 2. The third-order valence-electron chi connectivity index (χ3n) is 2.46. The minimum atomic E-state index is -0.977. The van der Waals surface area contributed by atoms with Gasteiger partial charge < -0.3 is 14.8 Å². The van der Waals surface area contributed by atoms with Crippen LogP contribution in [0.3, 0.4) is 0 Å². The molecule has 4 nitrogen and oxygen atoms in total. The van der Waals surface area contributed by atoms with Gasteiger partial charge in [-0.05, 0) is 36.6 Å². The maximum atomic E-state index is 10.7. The van der Waals surface area contributed by atoms with Crippen LogP contribution in [0.2, 0.25) is 0 Å². The van der Waals surface area contributed by atoms with Crippen molar-refractivity contribution >= 4 is 23.4 Å². The molecule has 0 radical (unpaired) electrons. The Morgan fingerprint density at radius 1 is 1.39 bits per heavy atom. The number of carbonyl (C=O) groups is 1. The molecule has 94 valence electrons. The van der Waals surface area contributed by atoms with Gasteiger partial charge in [0.25, 0.3) is 0 Å². The van der Waals surface area contributed by atoms with Crippen molar-refractivity contribution in [1.29, 1.82) is 0 Å². The van der Waals surface area contributed by atoms with Crippen LogP contribution >= 0.6 is 11.8 Å². The number of thioether (sulfide) groups is 1. The van der Waals surface area contributed by atoms with Gasteiger partial charge in [0.2, 0.25) is 0 Å². The average molecular weight is 263 g/mol. The van der Waals surface area contributed by atoms with Crippen molar-refractivity contribution in [3.8, 4) is 0 Å². The van der Waals surface area contributed by atoms with Crippen molar-refractivity contribution in [2.75, 3.05) is 11.6 Å². The molecule has 0 bridgehead atoms. The number of carboxylic acids is 1. The lowest BCUT2D eigenvalue weighted by Crippen LogP contribution is -1.98.